The van der Waals surface area contributed by atoms with Crippen LogP contribution in [0.3, 0.4) is 0 Å². The number of nitrogens with zero attached hydrogens (tertiary/aromatic N) is 4. The topological polar surface area (TPSA) is 108 Å². The van der Waals surface area contributed by atoms with E-state index >= 15 is 0 Å². The van der Waals surface area contributed by atoms with Gasteiger partial charge in [-0.05, 0) is 71.1 Å². The van der Waals surface area contributed by atoms with Gasteiger partial charge < -0.3 is 20.3 Å². The number of aromatic nitrogens is 3. The zero-order valence-corrected chi connectivity index (χ0v) is 18.3. The lowest BCUT2D eigenvalue weighted by atomic mass is 10.1. The van der Waals surface area contributed by atoms with E-state index in [1.54, 1.807) is 17.0 Å². The number of rotatable bonds is 8. The highest BCUT2D eigenvalue weighted by Crippen LogP contribution is 2.27. The Bertz CT molecular complexity index is 1010. The van der Waals surface area contributed by atoms with Crippen LogP contribution in [0.15, 0.2) is 51.1 Å². The first-order chi connectivity index (χ1) is 14.0. The second kappa shape index (κ2) is 9.88. The highest BCUT2D eigenvalue weighted by Gasteiger charge is 2.13. The third kappa shape index (κ3) is 5.15. The summed E-state index contributed by atoms with van der Waals surface area (Å²) in [6, 6.07) is 10.9. The van der Waals surface area contributed by atoms with Gasteiger partial charge in [-0.3, -0.25) is 0 Å². The van der Waals surface area contributed by atoms with Crippen molar-refractivity contribution in [3.05, 3.63) is 52.0 Å². The number of benzene rings is 2. The fourth-order valence-electron chi connectivity index (χ4n) is 2.45. The van der Waals surface area contributed by atoms with E-state index in [9.17, 15) is 5.11 Å². The molecule has 0 saturated carbocycles. The molecule has 0 aliphatic rings. The van der Waals surface area contributed by atoms with Crippen LogP contribution in [0.4, 0.5) is 0 Å². The summed E-state index contributed by atoms with van der Waals surface area (Å²) in [5.74, 6) is 1.48. The van der Waals surface area contributed by atoms with Crippen molar-refractivity contribution in [2.24, 2.45) is 10.8 Å². The van der Waals surface area contributed by atoms with E-state index in [0.717, 1.165) is 21.2 Å². The largest absolute Gasteiger partial charge is 0.508 e. The maximum absolute atomic E-state index is 9.81. The molecule has 0 atom stereocenters. The van der Waals surface area contributed by atoms with Gasteiger partial charge in [0, 0.05) is 15.6 Å². The Hall–Kier alpha value is -2.40. The molecular formula is C19H20BrN5O3S. The number of phenols is 1. The zero-order chi connectivity index (χ0) is 20.8. The van der Waals surface area contributed by atoms with E-state index < -0.39 is 0 Å². The molecule has 10 heteroatoms. The van der Waals surface area contributed by atoms with Crippen LogP contribution in [-0.2, 0) is 4.74 Å². The molecule has 152 valence electrons. The molecule has 0 unspecified atom stereocenters. The Morgan fingerprint density at radius 3 is 2.72 bits per heavy atom. The van der Waals surface area contributed by atoms with Crippen molar-refractivity contribution < 1.29 is 14.6 Å². The van der Waals surface area contributed by atoms with Crippen molar-refractivity contribution in [1.29, 1.82) is 0 Å². The lowest BCUT2D eigenvalue weighted by Gasteiger charge is -2.07. The summed E-state index contributed by atoms with van der Waals surface area (Å²) in [4.78, 5) is 0. The molecular weight excluding hydrogens is 458 g/mol. The fourth-order valence-corrected chi connectivity index (χ4v) is 3.31. The number of thioether (sulfide) groups is 1. The van der Waals surface area contributed by atoms with Gasteiger partial charge in [0.05, 0.1) is 12.9 Å². The van der Waals surface area contributed by atoms with Gasteiger partial charge in [0.2, 0.25) is 5.16 Å². The quantitative estimate of drug-likeness (QED) is 0.221. The molecule has 3 N–H and O–H groups in total. The number of hydrogen-bond donors (Lipinski definition) is 2. The van der Waals surface area contributed by atoms with Crippen LogP contribution in [0, 0.1) is 6.92 Å². The number of aryl methyl sites for hydroxylation is 1. The minimum atomic E-state index is 0.0911. The van der Waals surface area contributed by atoms with Crippen LogP contribution in [0.25, 0.3) is 11.4 Å². The van der Waals surface area contributed by atoms with Crippen LogP contribution in [0.1, 0.15) is 11.1 Å². The SMILES string of the molecule is CSc1nnc(-c2ccc(OCOCN)cc2)n1/N=C/c1cc(C)c(O)cc1Br. The molecule has 0 radical (unpaired) electrons. The van der Waals surface area contributed by atoms with Crippen molar-refractivity contribution in [3.8, 4) is 22.9 Å². The first kappa shape index (κ1) is 21.3. The van der Waals surface area contributed by atoms with Gasteiger partial charge in [0.25, 0.3) is 0 Å². The van der Waals surface area contributed by atoms with Gasteiger partial charge in [-0.15, -0.1) is 10.2 Å². The number of aromatic hydroxyl groups is 1. The third-order valence-corrected chi connectivity index (χ3v) is 5.27. The van der Waals surface area contributed by atoms with E-state index in [-0.39, 0.29) is 19.3 Å². The summed E-state index contributed by atoms with van der Waals surface area (Å²) >= 11 is 4.89. The molecule has 0 amide bonds. The zero-order valence-electron chi connectivity index (χ0n) is 15.9. The van der Waals surface area contributed by atoms with Crippen LogP contribution in [0.2, 0.25) is 0 Å². The van der Waals surface area contributed by atoms with Crippen molar-refractivity contribution in [2.45, 2.75) is 12.1 Å². The second-order valence-corrected chi connectivity index (χ2v) is 7.51. The number of hydrogen-bond acceptors (Lipinski definition) is 8. The Balaban J connectivity index is 1.89. The number of phenolic OH excluding ortho intramolecular Hbond substituents is 1. The van der Waals surface area contributed by atoms with Crippen LogP contribution < -0.4 is 10.5 Å². The highest BCUT2D eigenvalue weighted by molar-refractivity contribution is 9.10. The van der Waals surface area contributed by atoms with E-state index in [4.69, 9.17) is 15.2 Å². The molecule has 3 aromatic rings. The van der Waals surface area contributed by atoms with E-state index in [0.29, 0.717) is 16.7 Å². The predicted molar refractivity (Wildman–Crippen MR) is 116 cm³/mol. The minimum Gasteiger partial charge on any atom is -0.508 e. The monoisotopic (exact) mass is 477 g/mol. The molecule has 0 saturated heterocycles. The van der Waals surface area contributed by atoms with Crippen molar-refractivity contribution in [3.63, 3.8) is 0 Å². The average molecular weight is 478 g/mol. The summed E-state index contributed by atoms with van der Waals surface area (Å²) < 4.78 is 12.8. The Morgan fingerprint density at radius 1 is 1.28 bits per heavy atom. The first-order valence-electron chi connectivity index (χ1n) is 8.57. The summed E-state index contributed by atoms with van der Waals surface area (Å²) in [7, 11) is 0. The molecule has 1 heterocycles. The highest BCUT2D eigenvalue weighted by atomic mass is 79.9. The molecule has 0 aliphatic carbocycles. The smallest absolute Gasteiger partial charge is 0.212 e. The predicted octanol–water partition coefficient (Wildman–Crippen LogP) is 3.59. The summed E-state index contributed by atoms with van der Waals surface area (Å²) in [5, 5.41) is 23.5. The Kier molecular flexibility index (Phi) is 7.26. The standard InChI is InChI=1S/C19H20BrN5O3S/c1-12-7-14(16(20)8-17(12)26)9-22-25-18(23-24-19(25)29-2)13-3-5-15(6-4-13)28-11-27-10-21/h3-9,26H,10-11,21H2,1-2H3/b22-9+. The normalized spacial score (nSPS) is 11.3. The number of halogens is 1. The molecule has 0 spiro atoms. The van der Waals surface area contributed by atoms with Gasteiger partial charge >= 0.3 is 0 Å². The van der Waals surface area contributed by atoms with Crippen LogP contribution >= 0.6 is 27.7 Å². The van der Waals surface area contributed by atoms with E-state index in [1.165, 1.54) is 11.8 Å². The summed E-state index contributed by atoms with van der Waals surface area (Å²) in [6.07, 6.45) is 3.61. The van der Waals surface area contributed by atoms with Gasteiger partial charge in [-0.2, -0.15) is 9.78 Å². The second-order valence-electron chi connectivity index (χ2n) is 5.88. The van der Waals surface area contributed by atoms with Crippen molar-refractivity contribution >= 4 is 33.9 Å². The van der Waals surface area contributed by atoms with Crippen LogP contribution in [0.5, 0.6) is 11.5 Å². The minimum absolute atomic E-state index is 0.0911. The Morgan fingerprint density at radius 2 is 2.03 bits per heavy atom. The summed E-state index contributed by atoms with van der Waals surface area (Å²) in [5.41, 5.74) is 7.70. The molecule has 1 aromatic heterocycles. The number of nitrogens with two attached hydrogens (primary N) is 1. The maximum atomic E-state index is 9.81. The number of ether oxygens (including phenoxy) is 2. The molecule has 29 heavy (non-hydrogen) atoms. The molecule has 0 aliphatic heterocycles. The lowest BCUT2D eigenvalue weighted by Crippen LogP contribution is -2.09. The molecule has 8 nitrogen and oxygen atoms in total. The van der Waals surface area contributed by atoms with Gasteiger partial charge in [0.1, 0.15) is 11.5 Å². The average Bonchev–Trinajstić information content (AvgIpc) is 3.13. The first-order valence-corrected chi connectivity index (χ1v) is 10.6. The van der Waals surface area contributed by atoms with Gasteiger partial charge in [-0.1, -0.05) is 11.8 Å². The molecule has 3 rings (SSSR count). The Labute approximate surface area is 180 Å². The van der Waals surface area contributed by atoms with E-state index in [2.05, 4.69) is 31.2 Å². The van der Waals surface area contributed by atoms with Gasteiger partial charge in [0.15, 0.2) is 12.6 Å². The van der Waals surface area contributed by atoms with Crippen molar-refractivity contribution in [1.82, 2.24) is 14.9 Å². The molecule has 2 aromatic carbocycles. The molecule has 0 bridgehead atoms. The third-order valence-electron chi connectivity index (χ3n) is 3.96. The summed E-state index contributed by atoms with van der Waals surface area (Å²) in [6.45, 7) is 2.03. The lowest BCUT2D eigenvalue weighted by molar-refractivity contribution is 0.0187. The van der Waals surface area contributed by atoms with Crippen molar-refractivity contribution in [2.75, 3.05) is 19.8 Å². The fraction of sp³-hybridized carbons (Fsp3) is 0.211. The molecule has 0 fully saturated rings. The maximum Gasteiger partial charge on any atom is 0.212 e. The van der Waals surface area contributed by atoms with E-state index in [1.807, 2.05) is 43.5 Å². The van der Waals surface area contributed by atoms with Crippen LogP contribution in [-0.4, -0.2) is 46.0 Å². The van der Waals surface area contributed by atoms with Gasteiger partial charge in [-0.25, -0.2) is 0 Å².